The molecule has 6 rings (SSSR count). The van der Waals surface area contributed by atoms with Crippen molar-refractivity contribution < 1.29 is 27.5 Å². The summed E-state index contributed by atoms with van der Waals surface area (Å²) in [6, 6.07) is 15.1. The van der Waals surface area contributed by atoms with E-state index in [1.807, 2.05) is 0 Å². The number of phenolic OH excluding ortho intramolecular Hbond substituents is 1. The second-order valence-corrected chi connectivity index (χ2v) is 9.98. The van der Waals surface area contributed by atoms with Gasteiger partial charge >= 0.3 is 6.18 Å². The fourth-order valence-corrected chi connectivity index (χ4v) is 5.79. The van der Waals surface area contributed by atoms with Crippen LogP contribution in [0.25, 0.3) is 0 Å². The molecule has 36 heavy (non-hydrogen) atoms. The molecule has 9 heteroatoms. The van der Waals surface area contributed by atoms with Gasteiger partial charge in [0.2, 0.25) is 0 Å². The topological polar surface area (TPSA) is 74.2 Å². The number of aromatic hydroxyl groups is 1. The molecule has 5 nitrogen and oxygen atoms in total. The highest BCUT2D eigenvalue weighted by atomic mass is 19.4. The Morgan fingerprint density at radius 3 is 2.42 bits per heavy atom. The first-order valence-electron chi connectivity index (χ1n) is 11.7. The highest BCUT2D eigenvalue weighted by Crippen LogP contribution is 2.72. The van der Waals surface area contributed by atoms with Crippen molar-refractivity contribution in [2.75, 3.05) is 11.9 Å². The molecule has 0 radical (unpaired) electrons. The van der Waals surface area contributed by atoms with Gasteiger partial charge in [0.05, 0.1) is 5.56 Å². The minimum atomic E-state index is -4.51. The van der Waals surface area contributed by atoms with E-state index in [0.29, 0.717) is 18.7 Å². The molecule has 0 spiro atoms. The van der Waals surface area contributed by atoms with Gasteiger partial charge in [0, 0.05) is 24.0 Å². The van der Waals surface area contributed by atoms with Gasteiger partial charge in [0.25, 0.3) is 5.91 Å². The minimum Gasteiger partial charge on any atom is -0.507 e. The molecule has 0 saturated heterocycles. The highest BCUT2D eigenvalue weighted by molar-refractivity contribution is 5.96. The second kappa shape index (κ2) is 8.80. The van der Waals surface area contributed by atoms with Crippen LogP contribution in [0, 0.1) is 17.2 Å². The fourth-order valence-electron chi connectivity index (χ4n) is 5.79. The Hall–Kier alpha value is -3.62. The Morgan fingerprint density at radius 1 is 1.06 bits per heavy atom. The SMILES string of the molecule is O=C(NCC(Cc1ccc(F)cc1)C12CC(Nc3ccnc(C(F)(F)F)c3)(C1)C2)c1ccccc1O. The molecule has 0 aliphatic heterocycles. The molecule has 3 aliphatic carbocycles. The van der Waals surface area contributed by atoms with Crippen molar-refractivity contribution in [1.82, 2.24) is 10.3 Å². The lowest BCUT2D eigenvalue weighted by atomic mass is 9.35. The van der Waals surface area contributed by atoms with E-state index < -0.39 is 11.9 Å². The van der Waals surface area contributed by atoms with E-state index >= 15 is 0 Å². The minimum absolute atomic E-state index is 0.0321. The fraction of sp³-hybridized carbons (Fsp3) is 0.333. The Balaban J connectivity index is 1.28. The number of nitrogens with one attached hydrogen (secondary N) is 2. The molecule has 188 valence electrons. The summed E-state index contributed by atoms with van der Waals surface area (Å²) in [4.78, 5) is 16.1. The third-order valence-electron chi connectivity index (χ3n) is 7.45. The van der Waals surface area contributed by atoms with Crippen LogP contribution in [0.15, 0.2) is 66.9 Å². The van der Waals surface area contributed by atoms with Crippen LogP contribution in [0.3, 0.4) is 0 Å². The van der Waals surface area contributed by atoms with Gasteiger partial charge in [-0.3, -0.25) is 9.78 Å². The van der Waals surface area contributed by atoms with E-state index in [4.69, 9.17) is 0 Å². The van der Waals surface area contributed by atoms with Crippen molar-refractivity contribution >= 4 is 11.6 Å². The summed E-state index contributed by atoms with van der Waals surface area (Å²) >= 11 is 0. The predicted octanol–water partition coefficient (Wildman–Crippen LogP) is 5.57. The van der Waals surface area contributed by atoms with E-state index in [9.17, 15) is 27.5 Å². The van der Waals surface area contributed by atoms with Crippen LogP contribution in [0.5, 0.6) is 5.75 Å². The zero-order valence-corrected chi connectivity index (χ0v) is 19.3. The summed E-state index contributed by atoms with van der Waals surface area (Å²) in [5, 5.41) is 16.2. The van der Waals surface area contributed by atoms with Gasteiger partial charge in [-0.25, -0.2) is 4.39 Å². The van der Waals surface area contributed by atoms with Gasteiger partial charge in [-0.1, -0.05) is 24.3 Å². The molecule has 3 N–H and O–H groups in total. The zero-order valence-electron chi connectivity index (χ0n) is 19.3. The highest BCUT2D eigenvalue weighted by Gasteiger charge is 2.70. The third kappa shape index (κ3) is 4.62. The Bertz CT molecular complexity index is 1260. The summed E-state index contributed by atoms with van der Waals surface area (Å²) in [5.41, 5.74) is 0.199. The summed E-state index contributed by atoms with van der Waals surface area (Å²) in [5.74, 6) is -0.778. The maximum Gasteiger partial charge on any atom is 0.433 e. The third-order valence-corrected chi connectivity index (χ3v) is 7.45. The number of pyridine rings is 1. The number of para-hydroxylation sites is 1. The number of amides is 1. The lowest BCUT2D eigenvalue weighted by molar-refractivity contribution is -0.158. The zero-order chi connectivity index (χ0) is 25.6. The Kier molecular flexibility index (Phi) is 5.89. The first-order chi connectivity index (χ1) is 17.1. The van der Waals surface area contributed by atoms with Crippen molar-refractivity contribution in [3.05, 3.63) is 89.5 Å². The van der Waals surface area contributed by atoms with Crippen molar-refractivity contribution in [3.8, 4) is 5.75 Å². The van der Waals surface area contributed by atoms with Crippen molar-refractivity contribution in [2.24, 2.45) is 11.3 Å². The number of hydrogen-bond acceptors (Lipinski definition) is 4. The number of anilines is 1. The molecular weight excluding hydrogens is 474 g/mol. The first-order valence-corrected chi connectivity index (χ1v) is 11.7. The van der Waals surface area contributed by atoms with Gasteiger partial charge in [0.1, 0.15) is 17.3 Å². The smallest absolute Gasteiger partial charge is 0.433 e. The van der Waals surface area contributed by atoms with Crippen LogP contribution in [0.1, 0.15) is 40.9 Å². The molecule has 1 atom stereocenters. The van der Waals surface area contributed by atoms with Crippen molar-refractivity contribution in [3.63, 3.8) is 0 Å². The summed E-state index contributed by atoms with van der Waals surface area (Å²) < 4.78 is 52.5. The largest absolute Gasteiger partial charge is 0.507 e. The number of halogens is 4. The maximum absolute atomic E-state index is 13.4. The van der Waals surface area contributed by atoms with Gasteiger partial charge in [0.15, 0.2) is 0 Å². The lowest BCUT2D eigenvalue weighted by Gasteiger charge is -2.74. The number of carbonyl (C=O) groups is 1. The molecule has 1 aromatic heterocycles. The molecule has 3 aromatic rings. The van der Waals surface area contributed by atoms with Crippen LogP contribution >= 0.6 is 0 Å². The van der Waals surface area contributed by atoms with Gasteiger partial charge < -0.3 is 15.7 Å². The second-order valence-electron chi connectivity index (χ2n) is 9.98. The molecule has 1 heterocycles. The Morgan fingerprint density at radius 2 is 1.75 bits per heavy atom. The van der Waals surface area contributed by atoms with E-state index in [1.54, 1.807) is 30.3 Å². The number of aromatic nitrogens is 1. The van der Waals surface area contributed by atoms with Crippen LogP contribution in [-0.4, -0.2) is 28.1 Å². The number of phenols is 1. The van der Waals surface area contributed by atoms with Crippen molar-refractivity contribution in [1.29, 1.82) is 0 Å². The van der Waals surface area contributed by atoms with Gasteiger partial charge in [-0.15, -0.1) is 0 Å². The quantitative estimate of drug-likeness (QED) is 0.355. The summed E-state index contributed by atoms with van der Waals surface area (Å²) in [6.45, 7) is 0.355. The standard InChI is InChI=1S/C27H25F4N3O2/c28-19-7-5-17(6-8-19)11-18(13-33-24(36)21-3-1-2-4-22(21)35)25-14-26(15-25,16-25)34-20-9-10-32-23(12-20)27(29,30)31/h1-10,12,18,35H,11,13-16H2,(H,32,34)(H,33,36). The molecular formula is C27H25F4N3O2. The molecule has 2 bridgehead atoms. The summed E-state index contributed by atoms with van der Waals surface area (Å²) in [6.07, 6.45) is -0.487. The number of nitrogens with zero attached hydrogens (tertiary/aromatic N) is 1. The number of rotatable bonds is 8. The molecule has 3 fully saturated rings. The van der Waals surface area contributed by atoms with Crippen LogP contribution < -0.4 is 10.6 Å². The van der Waals surface area contributed by atoms with Crippen LogP contribution in [0.4, 0.5) is 23.2 Å². The van der Waals surface area contributed by atoms with E-state index in [-0.39, 0.29) is 39.9 Å². The lowest BCUT2D eigenvalue weighted by Crippen LogP contribution is -2.74. The Labute approximate surface area is 205 Å². The van der Waals surface area contributed by atoms with Crippen LogP contribution in [-0.2, 0) is 12.6 Å². The van der Waals surface area contributed by atoms with Gasteiger partial charge in [-0.05, 0) is 79.0 Å². The molecule has 1 amide bonds. The van der Waals surface area contributed by atoms with Gasteiger partial charge in [-0.2, -0.15) is 13.2 Å². The van der Waals surface area contributed by atoms with E-state index in [2.05, 4.69) is 15.6 Å². The number of alkyl halides is 3. The van der Waals surface area contributed by atoms with Crippen molar-refractivity contribution in [2.45, 2.75) is 37.4 Å². The van der Waals surface area contributed by atoms with Crippen LogP contribution in [0.2, 0.25) is 0 Å². The predicted molar refractivity (Wildman–Crippen MR) is 126 cm³/mol. The normalized spacial score (nSPS) is 23.2. The number of hydrogen-bond donors (Lipinski definition) is 3. The molecule has 3 saturated carbocycles. The summed E-state index contributed by atoms with van der Waals surface area (Å²) in [7, 11) is 0. The number of benzene rings is 2. The average Bonchev–Trinajstić information content (AvgIpc) is 2.79. The van der Waals surface area contributed by atoms with E-state index in [1.165, 1.54) is 24.3 Å². The van der Waals surface area contributed by atoms with E-state index in [0.717, 1.165) is 37.1 Å². The average molecular weight is 500 g/mol. The molecule has 3 aliphatic rings. The number of carbonyl (C=O) groups excluding carboxylic acids is 1. The maximum atomic E-state index is 13.4. The first kappa shape index (κ1) is 24.1. The molecule has 1 unspecified atom stereocenters. The molecule has 2 aromatic carbocycles. The monoisotopic (exact) mass is 499 g/mol.